The highest BCUT2D eigenvalue weighted by Gasteiger charge is 2.26. The standard InChI is InChI=1S/C24H25F2N3O/c1-15-7-8-22(30)19(11-15)21-12-16(18-5-4-6-20(25)24(18)26)13-23(27-21)29-10-9-17(14-29)28(2)3/h4-8,11-13,17,30H,9-10,14H2,1-3H3. The van der Waals surface area contributed by atoms with E-state index in [1.807, 2.05) is 19.1 Å². The lowest BCUT2D eigenvalue weighted by atomic mass is 10.0. The van der Waals surface area contributed by atoms with Crippen LogP contribution in [0, 0.1) is 18.6 Å². The molecule has 2 heterocycles. The van der Waals surface area contributed by atoms with E-state index < -0.39 is 11.6 Å². The molecule has 4 rings (SSSR count). The molecule has 1 N–H and O–H groups in total. The number of rotatable bonds is 4. The first-order chi connectivity index (χ1) is 14.3. The minimum absolute atomic E-state index is 0.100. The molecule has 3 aromatic rings. The van der Waals surface area contributed by atoms with E-state index in [4.69, 9.17) is 4.98 Å². The molecule has 1 aromatic heterocycles. The van der Waals surface area contributed by atoms with E-state index >= 15 is 0 Å². The van der Waals surface area contributed by atoms with E-state index in [-0.39, 0.29) is 11.3 Å². The maximum Gasteiger partial charge on any atom is 0.166 e. The number of likely N-dealkylation sites (N-methyl/N-ethyl adjacent to an activating group) is 1. The van der Waals surface area contributed by atoms with Crippen molar-refractivity contribution in [2.45, 2.75) is 19.4 Å². The van der Waals surface area contributed by atoms with Crippen LogP contribution in [0.3, 0.4) is 0 Å². The summed E-state index contributed by atoms with van der Waals surface area (Å²) in [5.74, 6) is -0.985. The van der Waals surface area contributed by atoms with E-state index in [0.29, 0.717) is 28.7 Å². The number of phenolic OH excluding ortho intramolecular Hbond substituents is 1. The molecular weight excluding hydrogens is 384 g/mol. The average Bonchev–Trinajstić information content (AvgIpc) is 3.22. The molecule has 1 fully saturated rings. The van der Waals surface area contributed by atoms with Gasteiger partial charge in [0.2, 0.25) is 0 Å². The smallest absolute Gasteiger partial charge is 0.166 e. The maximum absolute atomic E-state index is 14.6. The van der Waals surface area contributed by atoms with Crippen LogP contribution in [0.1, 0.15) is 12.0 Å². The Morgan fingerprint density at radius 2 is 1.87 bits per heavy atom. The molecule has 1 unspecified atom stereocenters. The second-order valence-corrected chi connectivity index (χ2v) is 8.07. The van der Waals surface area contributed by atoms with Crippen molar-refractivity contribution >= 4 is 5.82 Å². The molecule has 6 heteroatoms. The minimum atomic E-state index is -0.889. The number of pyridine rings is 1. The molecule has 1 aliphatic heterocycles. The fourth-order valence-corrected chi connectivity index (χ4v) is 3.92. The topological polar surface area (TPSA) is 39.6 Å². The molecule has 2 aromatic carbocycles. The van der Waals surface area contributed by atoms with Crippen LogP contribution in [0.5, 0.6) is 5.75 Å². The Kier molecular flexibility index (Phi) is 5.43. The summed E-state index contributed by atoms with van der Waals surface area (Å²) < 4.78 is 28.5. The number of anilines is 1. The first-order valence-corrected chi connectivity index (χ1v) is 10.0. The summed E-state index contributed by atoms with van der Waals surface area (Å²) in [6.07, 6.45) is 0.998. The summed E-state index contributed by atoms with van der Waals surface area (Å²) in [6, 6.07) is 13.4. The molecule has 0 radical (unpaired) electrons. The summed E-state index contributed by atoms with van der Waals surface area (Å²) in [7, 11) is 4.10. The van der Waals surface area contributed by atoms with Crippen molar-refractivity contribution in [1.29, 1.82) is 0 Å². The second kappa shape index (κ2) is 8.03. The summed E-state index contributed by atoms with van der Waals surface area (Å²) in [5, 5.41) is 10.4. The van der Waals surface area contributed by atoms with Crippen LogP contribution in [-0.2, 0) is 0 Å². The SMILES string of the molecule is Cc1ccc(O)c(-c2cc(-c3cccc(F)c3F)cc(N3CCC(N(C)C)C3)n2)c1. The van der Waals surface area contributed by atoms with Crippen LogP contribution in [0.4, 0.5) is 14.6 Å². The maximum atomic E-state index is 14.6. The van der Waals surface area contributed by atoms with Crippen LogP contribution < -0.4 is 4.90 Å². The van der Waals surface area contributed by atoms with Gasteiger partial charge in [0.15, 0.2) is 11.6 Å². The van der Waals surface area contributed by atoms with Crippen molar-refractivity contribution in [3.63, 3.8) is 0 Å². The molecule has 1 saturated heterocycles. The van der Waals surface area contributed by atoms with Gasteiger partial charge >= 0.3 is 0 Å². The highest BCUT2D eigenvalue weighted by atomic mass is 19.2. The molecule has 0 saturated carbocycles. The van der Waals surface area contributed by atoms with Gasteiger partial charge < -0.3 is 14.9 Å². The van der Waals surface area contributed by atoms with E-state index in [0.717, 1.165) is 31.1 Å². The lowest BCUT2D eigenvalue weighted by molar-refractivity contribution is 0.315. The summed E-state index contributed by atoms with van der Waals surface area (Å²) >= 11 is 0. The number of aromatic hydroxyl groups is 1. The number of aryl methyl sites for hydroxylation is 1. The first-order valence-electron chi connectivity index (χ1n) is 10.0. The molecule has 1 atom stereocenters. The predicted molar refractivity (Wildman–Crippen MR) is 116 cm³/mol. The zero-order valence-corrected chi connectivity index (χ0v) is 17.4. The van der Waals surface area contributed by atoms with Crippen molar-refractivity contribution in [2.75, 3.05) is 32.1 Å². The van der Waals surface area contributed by atoms with Gasteiger partial charge in [0.1, 0.15) is 11.6 Å². The number of halogens is 2. The molecular formula is C24H25F2N3O. The van der Waals surface area contributed by atoms with E-state index in [9.17, 15) is 13.9 Å². The van der Waals surface area contributed by atoms with Gasteiger partial charge in [-0.2, -0.15) is 0 Å². The fourth-order valence-electron chi connectivity index (χ4n) is 3.92. The second-order valence-electron chi connectivity index (χ2n) is 8.07. The van der Waals surface area contributed by atoms with Gasteiger partial charge in [0, 0.05) is 30.3 Å². The summed E-state index contributed by atoms with van der Waals surface area (Å²) in [5.41, 5.74) is 2.78. The van der Waals surface area contributed by atoms with Gasteiger partial charge in [-0.3, -0.25) is 0 Å². The van der Waals surface area contributed by atoms with Crippen molar-refractivity contribution in [2.24, 2.45) is 0 Å². The van der Waals surface area contributed by atoms with Crippen LogP contribution in [-0.4, -0.2) is 48.2 Å². The highest BCUT2D eigenvalue weighted by molar-refractivity contribution is 5.77. The molecule has 30 heavy (non-hydrogen) atoms. The van der Waals surface area contributed by atoms with Gasteiger partial charge in [-0.1, -0.05) is 23.8 Å². The Bertz CT molecular complexity index is 1060. The third-order valence-electron chi connectivity index (χ3n) is 5.72. The Labute approximate surface area is 175 Å². The average molecular weight is 409 g/mol. The molecule has 156 valence electrons. The molecule has 0 spiro atoms. The van der Waals surface area contributed by atoms with E-state index in [2.05, 4.69) is 23.9 Å². The first kappa shape index (κ1) is 20.3. The van der Waals surface area contributed by atoms with Crippen LogP contribution in [0.15, 0.2) is 48.5 Å². The lowest BCUT2D eigenvalue weighted by Crippen LogP contribution is -2.31. The van der Waals surface area contributed by atoms with Gasteiger partial charge in [0.25, 0.3) is 0 Å². The predicted octanol–water partition coefficient (Wildman–Crippen LogP) is 4.85. The summed E-state index contributed by atoms with van der Waals surface area (Å²) in [6.45, 7) is 3.56. The zero-order chi connectivity index (χ0) is 21.4. The highest BCUT2D eigenvalue weighted by Crippen LogP contribution is 2.36. The van der Waals surface area contributed by atoms with Gasteiger partial charge in [0.05, 0.1) is 5.69 Å². The minimum Gasteiger partial charge on any atom is -0.507 e. The Morgan fingerprint density at radius 1 is 1.07 bits per heavy atom. The van der Waals surface area contributed by atoms with Gasteiger partial charge in [-0.25, -0.2) is 13.8 Å². The monoisotopic (exact) mass is 409 g/mol. The largest absolute Gasteiger partial charge is 0.507 e. The van der Waals surface area contributed by atoms with E-state index in [1.165, 1.54) is 6.07 Å². The lowest BCUT2D eigenvalue weighted by Gasteiger charge is -2.22. The van der Waals surface area contributed by atoms with Crippen molar-refractivity contribution in [1.82, 2.24) is 9.88 Å². The van der Waals surface area contributed by atoms with E-state index in [1.54, 1.807) is 24.3 Å². The molecule has 4 nitrogen and oxygen atoms in total. The van der Waals surface area contributed by atoms with Crippen molar-refractivity contribution in [3.8, 4) is 28.1 Å². The Balaban J connectivity index is 1.86. The van der Waals surface area contributed by atoms with Gasteiger partial charge in [-0.15, -0.1) is 0 Å². The molecule has 0 aliphatic carbocycles. The van der Waals surface area contributed by atoms with Crippen LogP contribution in [0.25, 0.3) is 22.4 Å². The van der Waals surface area contributed by atoms with Crippen LogP contribution in [0.2, 0.25) is 0 Å². The normalized spacial score (nSPS) is 16.5. The number of hydrogen-bond acceptors (Lipinski definition) is 4. The van der Waals surface area contributed by atoms with Crippen molar-refractivity contribution in [3.05, 3.63) is 65.7 Å². The zero-order valence-electron chi connectivity index (χ0n) is 17.4. The number of aromatic nitrogens is 1. The Morgan fingerprint density at radius 3 is 2.60 bits per heavy atom. The Hall–Kier alpha value is -2.99. The van der Waals surface area contributed by atoms with Crippen molar-refractivity contribution < 1.29 is 13.9 Å². The fraction of sp³-hybridized carbons (Fsp3) is 0.292. The number of nitrogens with zero attached hydrogens (tertiary/aromatic N) is 3. The number of hydrogen-bond donors (Lipinski definition) is 1. The molecule has 0 amide bonds. The third-order valence-corrected chi connectivity index (χ3v) is 5.72. The number of benzene rings is 2. The number of phenols is 1. The van der Waals surface area contributed by atoms with Crippen LogP contribution >= 0.6 is 0 Å². The molecule has 1 aliphatic rings. The molecule has 0 bridgehead atoms. The third kappa shape index (κ3) is 3.87. The summed E-state index contributed by atoms with van der Waals surface area (Å²) in [4.78, 5) is 9.13. The van der Waals surface area contributed by atoms with Gasteiger partial charge in [-0.05, 0) is 63.3 Å². The quantitative estimate of drug-likeness (QED) is 0.669.